The maximum absolute atomic E-state index is 4.73. The van der Waals surface area contributed by atoms with Crippen LogP contribution in [0.4, 0.5) is 0 Å². The van der Waals surface area contributed by atoms with Crippen LogP contribution in [0.2, 0.25) is 0 Å². The number of hydrogen-bond donors (Lipinski definition) is 0. The molecule has 0 aliphatic rings. The van der Waals surface area contributed by atoms with Crippen molar-refractivity contribution in [3.8, 4) is 0 Å². The third-order valence-corrected chi connectivity index (χ3v) is 5.81. The van der Waals surface area contributed by atoms with Crippen LogP contribution in [0.1, 0.15) is 0 Å². The number of pyridine rings is 2. The van der Waals surface area contributed by atoms with E-state index in [1.165, 1.54) is 32.3 Å². The van der Waals surface area contributed by atoms with Crippen LogP contribution in [0, 0.1) is 0 Å². The van der Waals surface area contributed by atoms with E-state index in [2.05, 4.69) is 83.8 Å². The molecule has 0 N–H and O–H groups in total. The van der Waals surface area contributed by atoms with Gasteiger partial charge in [0, 0.05) is 21.5 Å². The molecule has 7 rings (SSSR count). The summed E-state index contributed by atoms with van der Waals surface area (Å²) < 4.78 is 0. The van der Waals surface area contributed by atoms with Crippen molar-refractivity contribution in [1.29, 1.82) is 0 Å². The second-order valence-electron chi connectivity index (χ2n) is 7.95. The molecule has 150 valence electrons. The Labute approximate surface area is 185 Å². The topological polar surface area (TPSA) is 25.8 Å². The zero-order valence-electron chi connectivity index (χ0n) is 17.4. The quantitative estimate of drug-likeness (QED) is 0.238. The monoisotopic (exact) mass is 408 g/mol. The van der Waals surface area contributed by atoms with Crippen LogP contribution >= 0.6 is 0 Å². The maximum atomic E-state index is 4.73. The minimum Gasteiger partial charge on any atom is -0.248 e. The van der Waals surface area contributed by atoms with Gasteiger partial charge in [-0.05, 0) is 53.2 Å². The molecule has 2 nitrogen and oxygen atoms in total. The molecule has 2 heterocycles. The molecule has 0 fully saturated rings. The molecule has 0 saturated heterocycles. The van der Waals surface area contributed by atoms with E-state index in [1.54, 1.807) is 0 Å². The summed E-state index contributed by atoms with van der Waals surface area (Å²) in [4.78, 5) is 9.31. The van der Waals surface area contributed by atoms with Crippen LogP contribution in [0.5, 0.6) is 0 Å². The highest BCUT2D eigenvalue weighted by Crippen LogP contribution is 2.24. The van der Waals surface area contributed by atoms with Gasteiger partial charge in [0.2, 0.25) is 0 Å². The van der Waals surface area contributed by atoms with Gasteiger partial charge in [-0.15, -0.1) is 0 Å². The highest BCUT2D eigenvalue weighted by molar-refractivity contribution is 6.01. The summed E-state index contributed by atoms with van der Waals surface area (Å²) in [5, 5.41) is 7.31. The Bertz CT molecular complexity index is 1490. The van der Waals surface area contributed by atoms with Crippen molar-refractivity contribution in [3.05, 3.63) is 121 Å². The van der Waals surface area contributed by atoms with Crippen LogP contribution in [0.3, 0.4) is 0 Å². The Balaban J connectivity index is 0.000000126. The van der Waals surface area contributed by atoms with E-state index in [1.807, 2.05) is 42.5 Å². The lowest BCUT2D eigenvalue weighted by atomic mass is 10.1. The number of fused-ring (bicyclic) bond motifs is 5. The van der Waals surface area contributed by atoms with E-state index < -0.39 is 0 Å². The molecule has 0 amide bonds. The molecular formula is C30H20N2. The molecule has 0 bridgehead atoms. The second kappa shape index (κ2) is 7.75. The van der Waals surface area contributed by atoms with E-state index in [0.717, 1.165) is 22.1 Å². The number of rotatable bonds is 0. The average molecular weight is 409 g/mol. The van der Waals surface area contributed by atoms with Crippen molar-refractivity contribution < 1.29 is 0 Å². The molecule has 0 saturated carbocycles. The summed E-state index contributed by atoms with van der Waals surface area (Å²) in [5.74, 6) is 0. The fourth-order valence-electron chi connectivity index (χ4n) is 4.19. The number of benzene rings is 5. The lowest BCUT2D eigenvalue weighted by molar-refractivity contribution is 1.50. The maximum Gasteiger partial charge on any atom is 0.0716 e. The Kier molecular flexibility index (Phi) is 4.47. The third-order valence-electron chi connectivity index (χ3n) is 5.81. The van der Waals surface area contributed by atoms with Gasteiger partial charge in [0.05, 0.1) is 22.1 Å². The summed E-state index contributed by atoms with van der Waals surface area (Å²) in [6.07, 6.45) is 0. The molecule has 32 heavy (non-hydrogen) atoms. The molecule has 0 spiro atoms. The van der Waals surface area contributed by atoms with Gasteiger partial charge < -0.3 is 0 Å². The van der Waals surface area contributed by atoms with Gasteiger partial charge in [0.15, 0.2) is 0 Å². The first-order chi connectivity index (χ1) is 15.8. The van der Waals surface area contributed by atoms with Crippen LogP contribution in [0.15, 0.2) is 121 Å². The first-order valence-corrected chi connectivity index (χ1v) is 10.8. The van der Waals surface area contributed by atoms with E-state index >= 15 is 0 Å². The molecular weight excluding hydrogens is 388 g/mol. The standard InChI is InChI=1S/C17H11N.C13H9N/c1-2-6-13-11-17-15(9-12(13)5-1)10-14-7-3-4-8-16(14)18-17;1-3-7-12-10(5-1)9-11-6-2-4-8-13(11)14-12/h1-11H;1-9H. The Morgan fingerprint density at radius 2 is 0.625 bits per heavy atom. The van der Waals surface area contributed by atoms with Crippen molar-refractivity contribution in [2.75, 3.05) is 0 Å². The van der Waals surface area contributed by atoms with E-state index in [9.17, 15) is 0 Å². The van der Waals surface area contributed by atoms with Crippen LogP contribution in [0.25, 0.3) is 54.4 Å². The van der Waals surface area contributed by atoms with Crippen LogP contribution in [-0.2, 0) is 0 Å². The molecule has 2 heteroatoms. The summed E-state index contributed by atoms with van der Waals surface area (Å²) in [7, 11) is 0. The summed E-state index contributed by atoms with van der Waals surface area (Å²) >= 11 is 0. The number of hydrogen-bond acceptors (Lipinski definition) is 2. The predicted molar refractivity (Wildman–Crippen MR) is 136 cm³/mol. The van der Waals surface area contributed by atoms with Gasteiger partial charge >= 0.3 is 0 Å². The largest absolute Gasteiger partial charge is 0.248 e. The molecule has 0 aliphatic heterocycles. The Hall–Kier alpha value is -4.30. The van der Waals surface area contributed by atoms with Crippen molar-refractivity contribution in [2.45, 2.75) is 0 Å². The summed E-state index contributed by atoms with van der Waals surface area (Å²) in [6.45, 7) is 0. The molecule has 0 radical (unpaired) electrons. The lowest BCUT2D eigenvalue weighted by Gasteiger charge is -2.04. The Morgan fingerprint density at radius 1 is 0.281 bits per heavy atom. The highest BCUT2D eigenvalue weighted by atomic mass is 14.7. The minimum atomic E-state index is 1.06. The fourth-order valence-corrected chi connectivity index (χ4v) is 4.19. The van der Waals surface area contributed by atoms with Gasteiger partial charge in [0.1, 0.15) is 0 Å². The molecule has 0 unspecified atom stereocenters. The third kappa shape index (κ3) is 3.42. The summed E-state index contributed by atoms with van der Waals surface area (Å²) in [6, 6.07) is 41.8. The minimum absolute atomic E-state index is 1.06. The molecule has 0 aliphatic carbocycles. The number of nitrogens with zero attached hydrogens (tertiary/aromatic N) is 2. The van der Waals surface area contributed by atoms with Crippen LogP contribution in [-0.4, -0.2) is 9.97 Å². The molecule has 0 atom stereocenters. The van der Waals surface area contributed by atoms with Gasteiger partial charge in [-0.3, -0.25) is 0 Å². The van der Waals surface area contributed by atoms with Crippen LogP contribution < -0.4 is 0 Å². The predicted octanol–water partition coefficient (Wildman–Crippen LogP) is 7.93. The van der Waals surface area contributed by atoms with Crippen molar-refractivity contribution in [2.24, 2.45) is 0 Å². The highest BCUT2D eigenvalue weighted by Gasteiger charge is 2.01. The fraction of sp³-hybridized carbons (Fsp3) is 0. The first-order valence-electron chi connectivity index (χ1n) is 10.8. The normalized spacial score (nSPS) is 11.1. The molecule has 5 aromatic carbocycles. The van der Waals surface area contributed by atoms with Crippen molar-refractivity contribution in [1.82, 2.24) is 9.97 Å². The van der Waals surface area contributed by atoms with Gasteiger partial charge in [-0.1, -0.05) is 78.9 Å². The van der Waals surface area contributed by atoms with Gasteiger partial charge in [-0.2, -0.15) is 0 Å². The lowest BCUT2D eigenvalue weighted by Crippen LogP contribution is -1.83. The van der Waals surface area contributed by atoms with Crippen molar-refractivity contribution >= 4 is 54.4 Å². The van der Waals surface area contributed by atoms with Gasteiger partial charge in [-0.25, -0.2) is 9.97 Å². The molecule has 2 aromatic heterocycles. The zero-order chi connectivity index (χ0) is 21.3. The van der Waals surface area contributed by atoms with E-state index in [4.69, 9.17) is 4.98 Å². The van der Waals surface area contributed by atoms with Gasteiger partial charge in [0.25, 0.3) is 0 Å². The number of aromatic nitrogens is 2. The van der Waals surface area contributed by atoms with E-state index in [-0.39, 0.29) is 0 Å². The van der Waals surface area contributed by atoms with Crippen molar-refractivity contribution in [3.63, 3.8) is 0 Å². The first kappa shape index (κ1) is 18.5. The smallest absolute Gasteiger partial charge is 0.0716 e. The SMILES string of the molecule is c1ccc2cc3nc4ccccc4cc3cc2c1.c1ccc2nc3ccccc3cc2c1. The zero-order valence-corrected chi connectivity index (χ0v) is 17.4. The second-order valence-corrected chi connectivity index (χ2v) is 7.95. The van der Waals surface area contributed by atoms with E-state index in [0.29, 0.717) is 0 Å². The average Bonchev–Trinajstić information content (AvgIpc) is 2.85. The molecule has 7 aromatic rings. The Morgan fingerprint density at radius 3 is 1.16 bits per heavy atom. The number of para-hydroxylation sites is 3. The summed E-state index contributed by atoms with van der Waals surface area (Å²) in [5.41, 5.74) is 4.24.